The minimum atomic E-state index is -1.20. The van der Waals surface area contributed by atoms with Crippen LogP contribution in [0.5, 0.6) is 0 Å². The third-order valence-electron chi connectivity index (χ3n) is 3.75. The van der Waals surface area contributed by atoms with Crippen molar-refractivity contribution in [2.45, 2.75) is 19.9 Å². The summed E-state index contributed by atoms with van der Waals surface area (Å²) in [6.07, 6.45) is 0.430. The molecule has 134 valence electrons. The molecule has 0 saturated heterocycles. The van der Waals surface area contributed by atoms with Gasteiger partial charge < -0.3 is 10.4 Å². The molecule has 9 heteroatoms. The van der Waals surface area contributed by atoms with Crippen molar-refractivity contribution in [2.75, 3.05) is 5.32 Å². The molecule has 3 rings (SSSR count). The highest BCUT2D eigenvalue weighted by molar-refractivity contribution is 7.17. The predicted molar refractivity (Wildman–Crippen MR) is 100 cm³/mol. The molecule has 0 fully saturated rings. The Morgan fingerprint density at radius 2 is 2.00 bits per heavy atom. The second-order valence-corrected chi connectivity index (χ2v) is 6.76. The fraction of sp³-hybridized carbons (Fsp3) is 0.176. The number of amides is 1. The van der Waals surface area contributed by atoms with E-state index in [4.69, 9.17) is 11.6 Å². The van der Waals surface area contributed by atoms with Crippen molar-refractivity contribution < 1.29 is 14.7 Å². The van der Waals surface area contributed by atoms with Gasteiger partial charge in [0.1, 0.15) is 17.2 Å². The maximum Gasteiger partial charge on any atom is 0.337 e. The normalized spacial score (nSPS) is 10.8. The number of carboxylic acid groups (broad SMARTS) is 1. The van der Waals surface area contributed by atoms with Gasteiger partial charge >= 0.3 is 5.97 Å². The van der Waals surface area contributed by atoms with E-state index >= 15 is 0 Å². The summed E-state index contributed by atoms with van der Waals surface area (Å²) in [6.45, 7) is 1.55. The zero-order valence-corrected chi connectivity index (χ0v) is 15.2. The molecule has 1 aromatic carbocycles. The molecule has 1 amide bonds. The first-order chi connectivity index (χ1) is 12.4. The summed E-state index contributed by atoms with van der Waals surface area (Å²) in [5.74, 6) is -1.19. The topological polar surface area (TPSA) is 101 Å². The Morgan fingerprint density at radius 1 is 1.31 bits per heavy atom. The monoisotopic (exact) mass is 391 g/mol. The summed E-state index contributed by atoms with van der Waals surface area (Å²) in [4.78, 5) is 41.2. The molecule has 0 radical (unpaired) electrons. The number of aryl methyl sites for hydroxylation is 1. The smallest absolute Gasteiger partial charge is 0.337 e. The lowest BCUT2D eigenvalue weighted by molar-refractivity contribution is -0.116. The van der Waals surface area contributed by atoms with Crippen molar-refractivity contribution in [2.24, 2.45) is 0 Å². The average molecular weight is 392 g/mol. The van der Waals surface area contributed by atoms with Crippen LogP contribution in [0.1, 0.15) is 23.1 Å². The zero-order chi connectivity index (χ0) is 18.8. The Balaban J connectivity index is 1.97. The number of anilines is 1. The molecule has 0 bridgehead atoms. The number of carbonyl (C=O) groups excluding carboxylic acids is 1. The summed E-state index contributed by atoms with van der Waals surface area (Å²) in [5.41, 5.74) is -0.0879. The number of aromatic nitrogens is 2. The highest BCUT2D eigenvalue weighted by atomic mass is 35.5. The molecular formula is C17H14ClN3O4S. The van der Waals surface area contributed by atoms with Crippen LogP contribution < -0.4 is 10.9 Å². The molecule has 0 atom stereocenters. The number of carboxylic acids is 1. The molecule has 2 aromatic heterocycles. The maximum atomic E-state index is 12.8. The molecule has 7 nitrogen and oxygen atoms in total. The van der Waals surface area contributed by atoms with E-state index in [9.17, 15) is 19.5 Å². The third-order valence-corrected chi connectivity index (χ3v) is 4.87. The van der Waals surface area contributed by atoms with Crippen molar-refractivity contribution in [3.05, 3.63) is 56.4 Å². The number of hydrogen-bond donors (Lipinski definition) is 2. The van der Waals surface area contributed by atoms with Gasteiger partial charge in [0.2, 0.25) is 5.91 Å². The lowest BCUT2D eigenvalue weighted by atomic mass is 10.2. The van der Waals surface area contributed by atoms with Crippen LogP contribution in [-0.4, -0.2) is 26.5 Å². The van der Waals surface area contributed by atoms with E-state index in [1.165, 1.54) is 9.95 Å². The number of rotatable bonds is 5. The van der Waals surface area contributed by atoms with Gasteiger partial charge in [-0.15, -0.1) is 11.3 Å². The van der Waals surface area contributed by atoms with Crippen LogP contribution in [0.25, 0.3) is 10.2 Å². The predicted octanol–water partition coefficient (Wildman–Crippen LogP) is 3.01. The molecule has 0 unspecified atom stereocenters. The highest BCUT2D eigenvalue weighted by Gasteiger charge is 2.20. The first-order valence-electron chi connectivity index (χ1n) is 7.70. The fourth-order valence-electron chi connectivity index (χ4n) is 2.53. The standard InChI is InChI=1S/C17H14ClN3O4S/c1-2-12-20-15-14(11(8-26-15)17(24)25)16(23)21(12)7-13(22)19-10-5-3-9(18)4-6-10/h3-6,8H,2,7H2,1H3,(H,19,22)(H,24,25). The number of aromatic carboxylic acids is 1. The van der Waals surface area contributed by atoms with Gasteiger partial charge in [-0.05, 0) is 24.3 Å². The Bertz CT molecular complexity index is 1060. The minimum Gasteiger partial charge on any atom is -0.478 e. The molecule has 0 spiro atoms. The van der Waals surface area contributed by atoms with Crippen molar-refractivity contribution in [3.63, 3.8) is 0 Å². The first kappa shape index (κ1) is 18.1. The maximum absolute atomic E-state index is 12.8. The first-order valence-corrected chi connectivity index (χ1v) is 8.96. The number of thiophene rings is 1. The van der Waals surface area contributed by atoms with E-state index in [-0.39, 0.29) is 17.5 Å². The van der Waals surface area contributed by atoms with Gasteiger partial charge in [0.05, 0.1) is 10.9 Å². The Labute approximate surface area is 156 Å². The highest BCUT2D eigenvalue weighted by Crippen LogP contribution is 2.22. The molecule has 2 heterocycles. The summed E-state index contributed by atoms with van der Waals surface area (Å²) in [6, 6.07) is 6.57. The number of carbonyl (C=O) groups is 2. The van der Waals surface area contributed by atoms with Gasteiger partial charge in [-0.1, -0.05) is 18.5 Å². The van der Waals surface area contributed by atoms with E-state index in [2.05, 4.69) is 10.3 Å². The van der Waals surface area contributed by atoms with Crippen molar-refractivity contribution in [3.8, 4) is 0 Å². The van der Waals surface area contributed by atoms with Crippen LogP contribution in [0.3, 0.4) is 0 Å². The van der Waals surface area contributed by atoms with Gasteiger partial charge in [-0.25, -0.2) is 9.78 Å². The number of hydrogen-bond acceptors (Lipinski definition) is 5. The van der Waals surface area contributed by atoms with Gasteiger partial charge in [0, 0.05) is 22.5 Å². The van der Waals surface area contributed by atoms with Gasteiger partial charge in [-0.2, -0.15) is 0 Å². The van der Waals surface area contributed by atoms with E-state index < -0.39 is 17.4 Å². The van der Waals surface area contributed by atoms with Crippen molar-refractivity contribution in [1.82, 2.24) is 9.55 Å². The van der Waals surface area contributed by atoms with Crippen LogP contribution in [0.15, 0.2) is 34.4 Å². The summed E-state index contributed by atoms with van der Waals surface area (Å²) >= 11 is 6.91. The number of nitrogens with one attached hydrogen (secondary N) is 1. The molecule has 26 heavy (non-hydrogen) atoms. The van der Waals surface area contributed by atoms with Crippen LogP contribution in [0, 0.1) is 0 Å². The van der Waals surface area contributed by atoms with Crippen LogP contribution in [0.2, 0.25) is 5.02 Å². The van der Waals surface area contributed by atoms with E-state index in [0.29, 0.717) is 27.8 Å². The van der Waals surface area contributed by atoms with Crippen LogP contribution in [0.4, 0.5) is 5.69 Å². The summed E-state index contributed by atoms with van der Waals surface area (Å²) in [5, 5.41) is 13.9. The lowest BCUT2D eigenvalue weighted by Gasteiger charge is -2.12. The summed E-state index contributed by atoms with van der Waals surface area (Å²) < 4.78 is 1.22. The van der Waals surface area contributed by atoms with Gasteiger partial charge in [0.25, 0.3) is 5.56 Å². The lowest BCUT2D eigenvalue weighted by Crippen LogP contribution is -2.31. The molecule has 0 saturated carbocycles. The Hall–Kier alpha value is -2.71. The minimum absolute atomic E-state index is 0.0268. The SMILES string of the molecule is CCc1nc2scc(C(=O)O)c2c(=O)n1CC(=O)Nc1ccc(Cl)cc1. The Kier molecular flexibility index (Phi) is 5.06. The number of fused-ring (bicyclic) bond motifs is 1. The molecule has 2 N–H and O–H groups in total. The average Bonchev–Trinajstić information content (AvgIpc) is 3.03. The van der Waals surface area contributed by atoms with Crippen molar-refractivity contribution in [1.29, 1.82) is 0 Å². The largest absolute Gasteiger partial charge is 0.478 e. The second-order valence-electron chi connectivity index (χ2n) is 5.46. The second kappa shape index (κ2) is 7.27. The van der Waals surface area contributed by atoms with Crippen molar-refractivity contribution >= 4 is 50.7 Å². The number of halogens is 1. The van der Waals surface area contributed by atoms with Crippen LogP contribution in [-0.2, 0) is 17.8 Å². The zero-order valence-electron chi connectivity index (χ0n) is 13.7. The molecular weight excluding hydrogens is 378 g/mol. The van der Waals surface area contributed by atoms with E-state index in [0.717, 1.165) is 11.3 Å². The van der Waals surface area contributed by atoms with Gasteiger partial charge in [-0.3, -0.25) is 14.2 Å². The number of nitrogens with zero attached hydrogens (tertiary/aromatic N) is 2. The Morgan fingerprint density at radius 3 is 2.62 bits per heavy atom. The number of benzene rings is 1. The molecule has 0 aliphatic heterocycles. The molecule has 3 aromatic rings. The van der Waals surface area contributed by atoms with E-state index in [1.807, 2.05) is 6.92 Å². The van der Waals surface area contributed by atoms with E-state index in [1.54, 1.807) is 24.3 Å². The molecule has 0 aliphatic carbocycles. The van der Waals surface area contributed by atoms with Gasteiger partial charge in [0.15, 0.2) is 0 Å². The fourth-order valence-corrected chi connectivity index (χ4v) is 3.58. The van der Waals surface area contributed by atoms with Crippen LogP contribution >= 0.6 is 22.9 Å². The molecule has 0 aliphatic rings. The quantitative estimate of drug-likeness (QED) is 0.696. The third kappa shape index (κ3) is 3.47. The summed E-state index contributed by atoms with van der Waals surface area (Å²) in [7, 11) is 0.